The number of nitrogens with zero attached hydrogens (tertiary/aromatic N) is 1. The van der Waals surface area contributed by atoms with Crippen LogP contribution in [0.4, 0.5) is 0 Å². The number of nitrogens with one attached hydrogen (secondary N) is 2. The van der Waals surface area contributed by atoms with Gasteiger partial charge in [0.25, 0.3) is 5.91 Å². The number of aliphatic hydroxyl groups is 3. The van der Waals surface area contributed by atoms with Gasteiger partial charge in [0.05, 0.1) is 30.2 Å². The number of carbonyl (C=O) groups excluding carboxylic acids is 2. The monoisotopic (exact) mass is 661 g/mol. The highest BCUT2D eigenvalue weighted by atomic mass is 32.2. The second kappa shape index (κ2) is 16.6. The molecule has 2 aliphatic rings. The molecule has 3 aromatic rings. The van der Waals surface area contributed by atoms with Crippen molar-refractivity contribution in [1.82, 2.24) is 15.6 Å². The van der Waals surface area contributed by atoms with Gasteiger partial charge >= 0.3 is 0 Å². The minimum atomic E-state index is -1.47. The van der Waals surface area contributed by atoms with E-state index in [-0.39, 0.29) is 23.5 Å². The Labute approximate surface area is 281 Å². The zero-order chi connectivity index (χ0) is 33.3. The number of benzene rings is 2. The zero-order valence-electron chi connectivity index (χ0n) is 27.1. The van der Waals surface area contributed by atoms with Crippen molar-refractivity contribution >= 4 is 23.6 Å². The number of amides is 2. The van der Waals surface area contributed by atoms with Crippen molar-refractivity contribution in [3.05, 3.63) is 89.7 Å². The summed E-state index contributed by atoms with van der Waals surface area (Å²) < 4.78 is 5.95. The Hall–Kier alpha value is -3.44. The molecule has 2 unspecified atom stereocenters. The van der Waals surface area contributed by atoms with Crippen molar-refractivity contribution < 1.29 is 29.6 Å². The number of rotatable bonds is 14. The Kier molecular flexibility index (Phi) is 12.3. The van der Waals surface area contributed by atoms with Gasteiger partial charge in [0.15, 0.2) is 11.4 Å². The molecular weight excluding hydrogens is 614 g/mol. The summed E-state index contributed by atoms with van der Waals surface area (Å²) in [6.07, 6.45) is 3.95. The van der Waals surface area contributed by atoms with Gasteiger partial charge in [-0.15, -0.1) is 0 Å². The van der Waals surface area contributed by atoms with E-state index in [9.17, 15) is 24.9 Å². The van der Waals surface area contributed by atoms with Crippen molar-refractivity contribution in [2.75, 3.05) is 5.94 Å². The molecule has 47 heavy (non-hydrogen) atoms. The molecule has 1 heterocycles. The second-order valence-corrected chi connectivity index (χ2v) is 14.1. The molecule has 1 saturated carbocycles. The highest BCUT2D eigenvalue weighted by Gasteiger charge is 2.42. The predicted molar refractivity (Wildman–Crippen MR) is 182 cm³/mol. The Morgan fingerprint density at radius 2 is 1.68 bits per heavy atom. The molecule has 10 heteroatoms. The summed E-state index contributed by atoms with van der Waals surface area (Å²) in [5.74, 6) is -1.45. The van der Waals surface area contributed by atoms with E-state index in [4.69, 9.17) is 4.74 Å². The summed E-state index contributed by atoms with van der Waals surface area (Å²) in [4.78, 5) is 32.8. The van der Waals surface area contributed by atoms with E-state index >= 15 is 0 Å². The average molecular weight is 662 g/mol. The molecule has 0 bridgehead atoms. The highest BCUT2D eigenvalue weighted by Crippen LogP contribution is 2.34. The van der Waals surface area contributed by atoms with Gasteiger partial charge < -0.3 is 30.7 Å². The van der Waals surface area contributed by atoms with Gasteiger partial charge in [-0.1, -0.05) is 100 Å². The number of aromatic nitrogens is 1. The normalized spacial score (nSPS) is 20.6. The standard InChI is InChI=1S/C37H47N3O6S/c1-23(2)31(36(44)40-32-27-17-10-9-14-25(27)21-29(32)41)35(43)34(42)28(20-24-12-5-3-6-13-24)39-37(45)33-30(18-11-19-38-33)46-22-47-26-15-7-4-8-16-26/h4,7-11,14-19,23-24,28-29,31-32,34-35,41-43H,3,5-6,12-13,20-22H2,1-2H3,(H,39,45)(H,40,44)/t28?,29?,31-,32+,34-,35-/m1/s1. The fourth-order valence-electron chi connectivity index (χ4n) is 6.96. The lowest BCUT2D eigenvalue weighted by Gasteiger charge is -2.36. The van der Waals surface area contributed by atoms with E-state index in [2.05, 4.69) is 15.6 Å². The lowest BCUT2D eigenvalue weighted by atomic mass is 9.79. The molecule has 0 radical (unpaired) electrons. The zero-order valence-corrected chi connectivity index (χ0v) is 27.9. The Bertz CT molecular complexity index is 1470. The molecule has 2 aromatic carbocycles. The Morgan fingerprint density at radius 3 is 2.43 bits per heavy atom. The van der Waals surface area contributed by atoms with Gasteiger partial charge in [-0.05, 0) is 53.6 Å². The Balaban J connectivity index is 1.31. The van der Waals surface area contributed by atoms with Crippen LogP contribution in [0, 0.1) is 17.8 Å². The van der Waals surface area contributed by atoms with E-state index in [1.165, 1.54) is 18.0 Å². The minimum absolute atomic E-state index is 0.0866. The maximum Gasteiger partial charge on any atom is 0.274 e. The maximum absolute atomic E-state index is 13.7. The van der Waals surface area contributed by atoms with Crippen LogP contribution in [0.25, 0.3) is 0 Å². The van der Waals surface area contributed by atoms with Gasteiger partial charge in [-0.2, -0.15) is 0 Å². The third-order valence-electron chi connectivity index (χ3n) is 9.45. The van der Waals surface area contributed by atoms with E-state index in [0.29, 0.717) is 18.6 Å². The Morgan fingerprint density at radius 1 is 0.957 bits per heavy atom. The van der Waals surface area contributed by atoms with Crippen LogP contribution in [-0.4, -0.2) is 62.4 Å². The molecule has 0 aliphatic heterocycles. The van der Waals surface area contributed by atoms with E-state index in [0.717, 1.165) is 48.1 Å². The quantitative estimate of drug-likeness (QED) is 0.120. The molecule has 0 saturated heterocycles. The van der Waals surface area contributed by atoms with Crippen LogP contribution < -0.4 is 15.4 Å². The lowest BCUT2D eigenvalue weighted by Crippen LogP contribution is -2.55. The van der Waals surface area contributed by atoms with E-state index in [1.807, 2.05) is 68.4 Å². The van der Waals surface area contributed by atoms with Gasteiger partial charge in [0.2, 0.25) is 5.91 Å². The molecular formula is C37H47N3O6S. The highest BCUT2D eigenvalue weighted by molar-refractivity contribution is 7.99. The first-order valence-corrected chi connectivity index (χ1v) is 17.7. The molecule has 2 amide bonds. The SMILES string of the molecule is CC(C)[C@@H](C(=O)N[C@H]1c2ccccc2CC1O)[C@@H](O)[C@H](O)C(CC1CCCCC1)NC(=O)c1ncccc1OCSc1ccccc1. The number of ether oxygens (including phenoxy) is 1. The molecule has 2 aliphatic carbocycles. The predicted octanol–water partition coefficient (Wildman–Crippen LogP) is 5.05. The summed E-state index contributed by atoms with van der Waals surface area (Å²) in [5.41, 5.74) is 1.91. The largest absolute Gasteiger partial charge is 0.480 e. The van der Waals surface area contributed by atoms with Crippen LogP contribution >= 0.6 is 11.8 Å². The molecule has 1 fully saturated rings. The van der Waals surface area contributed by atoms with Crippen LogP contribution in [0.1, 0.15) is 80.0 Å². The van der Waals surface area contributed by atoms with E-state index < -0.39 is 48.1 Å². The average Bonchev–Trinajstić information content (AvgIpc) is 3.39. The van der Waals surface area contributed by atoms with Crippen LogP contribution in [-0.2, 0) is 11.2 Å². The summed E-state index contributed by atoms with van der Waals surface area (Å²) in [6.45, 7) is 3.64. The third kappa shape index (κ3) is 8.93. The van der Waals surface area contributed by atoms with Crippen LogP contribution in [0.2, 0.25) is 0 Å². The number of fused-ring (bicyclic) bond motifs is 1. The van der Waals surface area contributed by atoms with Crippen molar-refractivity contribution in [1.29, 1.82) is 0 Å². The smallest absolute Gasteiger partial charge is 0.274 e. The van der Waals surface area contributed by atoms with Gasteiger partial charge in [0, 0.05) is 17.5 Å². The van der Waals surface area contributed by atoms with E-state index in [1.54, 1.807) is 12.1 Å². The second-order valence-electron chi connectivity index (χ2n) is 13.1. The van der Waals surface area contributed by atoms with Gasteiger partial charge in [-0.3, -0.25) is 9.59 Å². The molecule has 1 aromatic heterocycles. The number of thioether (sulfide) groups is 1. The molecule has 5 N–H and O–H groups in total. The topological polar surface area (TPSA) is 141 Å². The number of pyridine rings is 1. The van der Waals surface area contributed by atoms with Crippen molar-refractivity contribution in [3.8, 4) is 5.75 Å². The fraction of sp³-hybridized carbons (Fsp3) is 0.486. The molecule has 5 rings (SSSR count). The summed E-state index contributed by atoms with van der Waals surface area (Å²) >= 11 is 1.49. The number of hydrogen-bond donors (Lipinski definition) is 5. The third-order valence-corrected chi connectivity index (χ3v) is 10.3. The van der Waals surface area contributed by atoms with Crippen LogP contribution in [0.15, 0.2) is 77.8 Å². The van der Waals surface area contributed by atoms with Crippen molar-refractivity contribution in [3.63, 3.8) is 0 Å². The van der Waals surface area contributed by atoms with Gasteiger partial charge in [-0.25, -0.2) is 4.98 Å². The van der Waals surface area contributed by atoms with Crippen LogP contribution in [0.5, 0.6) is 5.75 Å². The minimum Gasteiger partial charge on any atom is -0.480 e. The molecule has 0 spiro atoms. The number of hydrogen-bond acceptors (Lipinski definition) is 8. The summed E-state index contributed by atoms with van der Waals surface area (Å²) in [5, 5.41) is 40.0. The summed E-state index contributed by atoms with van der Waals surface area (Å²) in [6, 6.07) is 19.3. The fourth-order valence-corrected chi connectivity index (χ4v) is 7.63. The van der Waals surface area contributed by atoms with Crippen molar-refractivity contribution in [2.24, 2.45) is 17.8 Å². The summed E-state index contributed by atoms with van der Waals surface area (Å²) in [7, 11) is 0. The van der Waals surface area contributed by atoms with Crippen LogP contribution in [0.3, 0.4) is 0 Å². The number of carbonyl (C=O) groups is 2. The molecule has 6 atom stereocenters. The molecule has 9 nitrogen and oxygen atoms in total. The first-order chi connectivity index (χ1) is 22.7. The molecule has 252 valence electrons. The maximum atomic E-state index is 13.7. The van der Waals surface area contributed by atoms with Crippen molar-refractivity contribution in [2.45, 2.75) is 94.1 Å². The van der Waals surface area contributed by atoms with Gasteiger partial charge in [0.1, 0.15) is 12.0 Å². The first-order valence-electron chi connectivity index (χ1n) is 16.7. The first kappa shape index (κ1) is 34.9. The lowest BCUT2D eigenvalue weighted by molar-refractivity contribution is -0.137. The number of aliphatic hydroxyl groups excluding tert-OH is 3.